The molecule has 0 spiro atoms. The van der Waals surface area contributed by atoms with E-state index in [4.69, 9.17) is 22.2 Å². The number of hydrogen-bond donors (Lipinski definition) is 0. The number of nitrogens with zero attached hydrogens (tertiary/aromatic N) is 1. The minimum absolute atomic E-state index is 0.0155. The summed E-state index contributed by atoms with van der Waals surface area (Å²) in [5, 5.41) is 1.59. The van der Waals surface area contributed by atoms with E-state index in [0.717, 1.165) is 5.56 Å². The summed E-state index contributed by atoms with van der Waals surface area (Å²) in [6.45, 7) is 2.23. The lowest BCUT2D eigenvalue weighted by molar-refractivity contribution is -0.305. The van der Waals surface area contributed by atoms with Crippen molar-refractivity contribution in [2.24, 2.45) is 5.92 Å². The molecule has 2 fully saturated rings. The summed E-state index contributed by atoms with van der Waals surface area (Å²) in [5.74, 6) is -0.308. The Balaban J connectivity index is 1.62. The Hall–Kier alpha value is -1.37. The summed E-state index contributed by atoms with van der Waals surface area (Å²) in [7, 11) is 7.63. The molecular formula is C15H18BNO4. The van der Waals surface area contributed by atoms with Crippen molar-refractivity contribution in [3.05, 3.63) is 35.9 Å². The quantitative estimate of drug-likeness (QED) is 0.615. The Morgan fingerprint density at radius 3 is 2.76 bits per heavy atom. The molecule has 1 unspecified atom stereocenters. The highest BCUT2D eigenvalue weighted by Gasteiger charge is 2.62. The average molecular weight is 287 g/mol. The molecule has 6 heteroatoms. The smallest absolute Gasteiger partial charge is 0.310 e. The first kappa shape index (κ1) is 14.6. The van der Waals surface area contributed by atoms with E-state index in [2.05, 4.69) is 0 Å². The monoisotopic (exact) mass is 287 g/mol. The van der Waals surface area contributed by atoms with Crippen molar-refractivity contribution >= 4 is 13.8 Å². The number of carbonyl (C=O) groups is 1. The van der Waals surface area contributed by atoms with Gasteiger partial charge < -0.3 is 9.47 Å². The SMILES string of the molecule is [B][C@@H]1O[C@]2(CC(=O)OCc3ccccc3)C(C)[C@@H]1ON2C. The van der Waals surface area contributed by atoms with Crippen LogP contribution in [0.3, 0.4) is 0 Å². The van der Waals surface area contributed by atoms with Gasteiger partial charge in [-0.25, -0.2) is 0 Å². The summed E-state index contributed by atoms with van der Waals surface area (Å²) < 4.78 is 11.1. The van der Waals surface area contributed by atoms with E-state index >= 15 is 0 Å². The third kappa shape index (κ3) is 2.48. The minimum Gasteiger partial charge on any atom is -0.461 e. The molecule has 3 rings (SSSR count). The highest BCUT2D eigenvalue weighted by molar-refractivity contribution is 6.11. The maximum absolute atomic E-state index is 12.1. The normalized spacial score (nSPS) is 35.0. The molecule has 0 N–H and O–H groups in total. The van der Waals surface area contributed by atoms with Crippen LogP contribution in [0.1, 0.15) is 18.9 Å². The van der Waals surface area contributed by atoms with E-state index in [0.29, 0.717) is 0 Å². The lowest BCUT2D eigenvalue weighted by Gasteiger charge is -2.37. The number of rotatable bonds is 4. The molecule has 2 saturated heterocycles. The van der Waals surface area contributed by atoms with Gasteiger partial charge in [0.1, 0.15) is 20.6 Å². The Morgan fingerprint density at radius 1 is 1.43 bits per heavy atom. The maximum atomic E-state index is 12.1. The van der Waals surface area contributed by atoms with Crippen molar-refractivity contribution in [3.63, 3.8) is 0 Å². The summed E-state index contributed by atoms with van der Waals surface area (Å²) in [6, 6.07) is 9.06. The van der Waals surface area contributed by atoms with Crippen LogP contribution in [0.25, 0.3) is 0 Å². The fourth-order valence-electron chi connectivity index (χ4n) is 3.05. The molecule has 0 aliphatic carbocycles. The first-order valence-corrected chi connectivity index (χ1v) is 7.06. The summed E-state index contributed by atoms with van der Waals surface area (Å²) in [6.07, 6.45) is -0.112. The molecule has 5 nitrogen and oxygen atoms in total. The Kier molecular flexibility index (Phi) is 3.77. The van der Waals surface area contributed by atoms with E-state index in [1.807, 2.05) is 37.3 Å². The van der Waals surface area contributed by atoms with Gasteiger partial charge in [-0.1, -0.05) is 37.3 Å². The lowest BCUT2D eigenvalue weighted by atomic mass is 9.87. The van der Waals surface area contributed by atoms with Crippen LogP contribution in [0.15, 0.2) is 30.3 Å². The van der Waals surface area contributed by atoms with Crippen molar-refractivity contribution in [2.75, 3.05) is 7.05 Å². The van der Waals surface area contributed by atoms with E-state index in [1.54, 1.807) is 12.1 Å². The van der Waals surface area contributed by atoms with E-state index in [9.17, 15) is 4.79 Å². The molecule has 0 saturated carbocycles. The molecule has 21 heavy (non-hydrogen) atoms. The fourth-order valence-corrected chi connectivity index (χ4v) is 3.05. The maximum Gasteiger partial charge on any atom is 0.310 e. The second-order valence-electron chi connectivity index (χ2n) is 5.61. The van der Waals surface area contributed by atoms with Gasteiger partial charge in [0, 0.05) is 19.0 Å². The third-order valence-electron chi connectivity index (χ3n) is 4.32. The second-order valence-corrected chi connectivity index (χ2v) is 5.61. The molecule has 2 aliphatic heterocycles. The van der Waals surface area contributed by atoms with Gasteiger partial charge in [0.25, 0.3) is 0 Å². The molecule has 0 aromatic heterocycles. The van der Waals surface area contributed by atoms with Crippen molar-refractivity contribution in [2.45, 2.75) is 37.8 Å². The van der Waals surface area contributed by atoms with Gasteiger partial charge in [-0.3, -0.25) is 9.63 Å². The topological polar surface area (TPSA) is 48.0 Å². The Morgan fingerprint density at radius 2 is 2.14 bits per heavy atom. The van der Waals surface area contributed by atoms with E-state index in [-0.39, 0.29) is 31.0 Å². The first-order valence-electron chi connectivity index (χ1n) is 7.06. The largest absolute Gasteiger partial charge is 0.461 e. The molecule has 2 heterocycles. The molecule has 2 radical (unpaired) electrons. The molecule has 0 amide bonds. The van der Waals surface area contributed by atoms with Gasteiger partial charge in [0.2, 0.25) is 0 Å². The standard InChI is InChI=1S/C15H18BNO4/c1-10-13-14(16)20-15(10,17(2)21-13)8-12(18)19-9-11-6-4-3-5-7-11/h3-7,10,13-14H,8-9H2,1-2H3/t10?,13-,14+,15+/m0/s1. The van der Waals surface area contributed by atoms with Gasteiger partial charge in [0.05, 0.1) is 6.42 Å². The highest BCUT2D eigenvalue weighted by Crippen LogP contribution is 2.48. The summed E-state index contributed by atoms with van der Waals surface area (Å²) in [5.41, 5.74) is 0.132. The van der Waals surface area contributed by atoms with Crippen LogP contribution in [0.2, 0.25) is 0 Å². The molecule has 2 aliphatic rings. The average Bonchev–Trinajstić information content (AvgIpc) is 2.84. The fraction of sp³-hybridized carbons (Fsp3) is 0.533. The predicted molar refractivity (Wildman–Crippen MR) is 76.0 cm³/mol. The number of hydrogen-bond acceptors (Lipinski definition) is 5. The number of esters is 1. The minimum atomic E-state index is -0.822. The van der Waals surface area contributed by atoms with E-state index < -0.39 is 11.7 Å². The number of benzene rings is 1. The van der Waals surface area contributed by atoms with Crippen LogP contribution in [0.5, 0.6) is 0 Å². The summed E-state index contributed by atoms with van der Waals surface area (Å²) in [4.78, 5) is 17.8. The van der Waals surface area contributed by atoms with Crippen molar-refractivity contribution in [1.82, 2.24) is 5.06 Å². The Labute approximate surface area is 125 Å². The summed E-state index contributed by atoms with van der Waals surface area (Å²) >= 11 is 0. The van der Waals surface area contributed by atoms with Crippen LogP contribution in [0.4, 0.5) is 0 Å². The molecule has 4 atom stereocenters. The zero-order valence-corrected chi connectivity index (χ0v) is 12.2. The van der Waals surface area contributed by atoms with Crippen LogP contribution >= 0.6 is 0 Å². The Bertz CT molecular complexity index is 526. The first-order chi connectivity index (χ1) is 10.0. The van der Waals surface area contributed by atoms with Gasteiger partial charge in [0.15, 0.2) is 5.72 Å². The van der Waals surface area contributed by atoms with Crippen LogP contribution in [-0.4, -0.2) is 43.8 Å². The van der Waals surface area contributed by atoms with Crippen molar-refractivity contribution < 1.29 is 19.1 Å². The molecular weight excluding hydrogens is 269 g/mol. The zero-order chi connectivity index (χ0) is 15.0. The number of ether oxygens (including phenoxy) is 2. The zero-order valence-electron chi connectivity index (χ0n) is 12.2. The van der Waals surface area contributed by atoms with Crippen molar-refractivity contribution in [1.29, 1.82) is 0 Å². The number of hydroxylamine groups is 2. The molecule has 1 aromatic carbocycles. The van der Waals surface area contributed by atoms with Crippen LogP contribution < -0.4 is 0 Å². The van der Waals surface area contributed by atoms with Gasteiger partial charge in [-0.05, 0) is 5.56 Å². The predicted octanol–water partition coefficient (Wildman–Crippen LogP) is 1.22. The molecule has 110 valence electrons. The lowest BCUT2D eigenvalue weighted by Crippen LogP contribution is -2.50. The molecule has 2 bridgehead atoms. The van der Waals surface area contributed by atoms with Crippen molar-refractivity contribution in [3.8, 4) is 0 Å². The highest BCUT2D eigenvalue weighted by atomic mass is 16.8. The second kappa shape index (κ2) is 5.44. The molecule has 1 aromatic rings. The van der Waals surface area contributed by atoms with Gasteiger partial charge in [-0.2, -0.15) is 5.06 Å². The third-order valence-corrected chi connectivity index (χ3v) is 4.32. The van der Waals surface area contributed by atoms with E-state index in [1.165, 1.54) is 0 Å². The van der Waals surface area contributed by atoms with Crippen LogP contribution in [0, 0.1) is 5.92 Å². The van der Waals surface area contributed by atoms with Gasteiger partial charge in [-0.15, -0.1) is 0 Å². The number of carbonyl (C=O) groups excluding carboxylic acids is 1. The number of fused-ring (bicyclic) bond motifs is 2. The van der Waals surface area contributed by atoms with Gasteiger partial charge >= 0.3 is 5.97 Å². The van der Waals surface area contributed by atoms with Crippen LogP contribution in [-0.2, 0) is 25.7 Å².